The van der Waals surface area contributed by atoms with Crippen molar-refractivity contribution < 1.29 is 9.53 Å². The van der Waals surface area contributed by atoms with Crippen LogP contribution in [0.4, 0.5) is 11.5 Å². The van der Waals surface area contributed by atoms with Gasteiger partial charge >= 0.3 is 0 Å². The normalized spacial score (nSPS) is 10.2. The first kappa shape index (κ1) is 17.4. The second-order valence-corrected chi connectivity index (χ2v) is 5.79. The Morgan fingerprint density at radius 2 is 1.88 bits per heavy atom. The van der Waals surface area contributed by atoms with E-state index in [0.29, 0.717) is 18.1 Å². The minimum Gasteiger partial charge on any atom is -0.497 e. The lowest BCUT2D eigenvalue weighted by atomic mass is 10.2. The molecule has 3 aromatic rings. The third-order valence-electron chi connectivity index (χ3n) is 3.82. The summed E-state index contributed by atoms with van der Waals surface area (Å²) in [6.07, 6.45) is 3.02. The molecule has 0 aliphatic carbocycles. The van der Waals surface area contributed by atoms with Crippen LogP contribution in [-0.2, 0) is 6.54 Å². The number of rotatable bonds is 6. The number of nitrogens with zero attached hydrogens (tertiary/aromatic N) is 3. The molecule has 6 heteroatoms. The molecule has 26 heavy (non-hydrogen) atoms. The van der Waals surface area contributed by atoms with Crippen LogP contribution in [0, 0.1) is 0 Å². The van der Waals surface area contributed by atoms with Crippen molar-refractivity contribution in [2.75, 3.05) is 19.5 Å². The van der Waals surface area contributed by atoms with E-state index in [4.69, 9.17) is 4.74 Å². The summed E-state index contributed by atoms with van der Waals surface area (Å²) in [6.45, 7) is 0.519. The average molecular weight is 348 g/mol. The van der Waals surface area contributed by atoms with Gasteiger partial charge in [-0.3, -0.25) is 4.79 Å². The zero-order valence-electron chi connectivity index (χ0n) is 14.7. The monoisotopic (exact) mass is 348 g/mol. The van der Waals surface area contributed by atoms with Crippen molar-refractivity contribution in [3.63, 3.8) is 0 Å². The lowest BCUT2D eigenvalue weighted by molar-refractivity contribution is 0.0779. The van der Waals surface area contributed by atoms with Gasteiger partial charge in [-0.2, -0.15) is 0 Å². The Labute approximate surface area is 152 Å². The van der Waals surface area contributed by atoms with Crippen LogP contribution >= 0.6 is 0 Å². The average Bonchev–Trinajstić information content (AvgIpc) is 2.69. The molecule has 3 rings (SSSR count). The first-order valence-electron chi connectivity index (χ1n) is 8.18. The predicted molar refractivity (Wildman–Crippen MR) is 101 cm³/mol. The van der Waals surface area contributed by atoms with E-state index in [2.05, 4.69) is 15.3 Å². The van der Waals surface area contributed by atoms with E-state index < -0.39 is 0 Å². The molecule has 0 atom stereocenters. The molecule has 0 spiro atoms. The molecule has 2 aromatic carbocycles. The number of nitrogens with one attached hydrogen (secondary N) is 1. The maximum atomic E-state index is 12.5. The summed E-state index contributed by atoms with van der Waals surface area (Å²) in [7, 11) is 3.37. The van der Waals surface area contributed by atoms with Gasteiger partial charge in [-0.05, 0) is 17.7 Å². The fourth-order valence-corrected chi connectivity index (χ4v) is 2.48. The van der Waals surface area contributed by atoms with Gasteiger partial charge in [0.25, 0.3) is 5.91 Å². The van der Waals surface area contributed by atoms with Crippen LogP contribution in [0.15, 0.2) is 67.0 Å². The van der Waals surface area contributed by atoms with Crippen molar-refractivity contribution in [3.05, 3.63) is 78.2 Å². The van der Waals surface area contributed by atoms with Gasteiger partial charge in [-0.1, -0.05) is 36.4 Å². The maximum absolute atomic E-state index is 12.5. The molecule has 0 unspecified atom stereocenters. The van der Waals surface area contributed by atoms with Crippen LogP contribution in [0.5, 0.6) is 5.75 Å². The highest BCUT2D eigenvalue weighted by molar-refractivity contribution is 5.91. The van der Waals surface area contributed by atoms with Crippen LogP contribution in [0.3, 0.4) is 0 Å². The smallest absolute Gasteiger partial charge is 0.274 e. The molecule has 1 amide bonds. The zero-order chi connectivity index (χ0) is 18.4. The van der Waals surface area contributed by atoms with Gasteiger partial charge in [0.2, 0.25) is 0 Å². The quantitative estimate of drug-likeness (QED) is 0.738. The molecule has 132 valence electrons. The van der Waals surface area contributed by atoms with Crippen molar-refractivity contribution in [2.24, 2.45) is 0 Å². The summed E-state index contributed by atoms with van der Waals surface area (Å²) >= 11 is 0. The molecule has 0 aliphatic heterocycles. The lowest BCUT2D eigenvalue weighted by Crippen LogP contribution is -2.27. The van der Waals surface area contributed by atoms with E-state index in [1.165, 1.54) is 6.20 Å². The lowest BCUT2D eigenvalue weighted by Gasteiger charge is -2.16. The number of hydrogen-bond acceptors (Lipinski definition) is 5. The molecular weight excluding hydrogens is 328 g/mol. The van der Waals surface area contributed by atoms with E-state index in [0.717, 1.165) is 17.0 Å². The third kappa shape index (κ3) is 4.36. The summed E-state index contributed by atoms with van der Waals surface area (Å²) < 4.78 is 5.19. The van der Waals surface area contributed by atoms with Gasteiger partial charge in [0.05, 0.1) is 19.5 Å². The first-order chi connectivity index (χ1) is 12.7. The molecule has 0 saturated heterocycles. The highest BCUT2D eigenvalue weighted by atomic mass is 16.5. The van der Waals surface area contributed by atoms with Crippen LogP contribution < -0.4 is 10.1 Å². The topological polar surface area (TPSA) is 67.3 Å². The van der Waals surface area contributed by atoms with Gasteiger partial charge in [0.1, 0.15) is 17.3 Å². The van der Waals surface area contributed by atoms with Gasteiger partial charge in [-0.15, -0.1) is 0 Å². The van der Waals surface area contributed by atoms with E-state index >= 15 is 0 Å². The zero-order valence-corrected chi connectivity index (χ0v) is 14.7. The molecule has 0 saturated carbocycles. The Balaban J connectivity index is 1.65. The van der Waals surface area contributed by atoms with Gasteiger partial charge in [0.15, 0.2) is 0 Å². The molecule has 0 fully saturated rings. The summed E-state index contributed by atoms with van der Waals surface area (Å²) in [5.41, 5.74) is 2.20. The Morgan fingerprint density at radius 1 is 1.08 bits per heavy atom. The third-order valence-corrected chi connectivity index (χ3v) is 3.82. The van der Waals surface area contributed by atoms with Crippen molar-refractivity contribution in [1.82, 2.24) is 14.9 Å². The van der Waals surface area contributed by atoms with E-state index in [9.17, 15) is 4.79 Å². The van der Waals surface area contributed by atoms with Gasteiger partial charge in [-0.25, -0.2) is 9.97 Å². The van der Waals surface area contributed by atoms with Crippen molar-refractivity contribution >= 4 is 17.4 Å². The predicted octanol–water partition coefficient (Wildman–Crippen LogP) is 3.50. The number of hydrogen-bond donors (Lipinski definition) is 1. The molecule has 1 aromatic heterocycles. The number of ether oxygens (including phenoxy) is 1. The van der Waals surface area contributed by atoms with Crippen LogP contribution in [0.2, 0.25) is 0 Å². The van der Waals surface area contributed by atoms with Gasteiger partial charge in [0, 0.05) is 25.3 Å². The molecule has 1 N–H and O–H groups in total. The van der Waals surface area contributed by atoms with Crippen molar-refractivity contribution in [3.8, 4) is 5.75 Å². The van der Waals surface area contributed by atoms with E-state index in [-0.39, 0.29) is 5.91 Å². The minimum absolute atomic E-state index is 0.172. The number of methoxy groups -OCH3 is 1. The van der Waals surface area contributed by atoms with Crippen LogP contribution in [0.1, 0.15) is 16.1 Å². The second-order valence-electron chi connectivity index (χ2n) is 5.79. The first-order valence-corrected chi connectivity index (χ1v) is 8.18. The maximum Gasteiger partial charge on any atom is 0.274 e. The largest absolute Gasteiger partial charge is 0.497 e. The van der Waals surface area contributed by atoms with Gasteiger partial charge < -0.3 is 15.0 Å². The number of benzene rings is 2. The number of aromatic nitrogens is 2. The minimum atomic E-state index is -0.172. The van der Waals surface area contributed by atoms with Crippen molar-refractivity contribution in [2.45, 2.75) is 6.54 Å². The van der Waals surface area contributed by atoms with E-state index in [1.54, 1.807) is 25.3 Å². The van der Waals surface area contributed by atoms with Crippen molar-refractivity contribution in [1.29, 1.82) is 0 Å². The molecule has 6 nitrogen and oxygen atoms in total. The molecule has 0 bridgehead atoms. The van der Waals surface area contributed by atoms with Crippen LogP contribution in [-0.4, -0.2) is 34.9 Å². The number of carbonyl (C=O) groups excluding carboxylic acids is 1. The van der Waals surface area contributed by atoms with E-state index in [1.807, 2.05) is 54.6 Å². The number of amides is 1. The Bertz CT molecular complexity index is 866. The summed E-state index contributed by atoms with van der Waals surface area (Å²) in [4.78, 5) is 22.6. The number of carbonyl (C=O) groups is 1. The highest BCUT2D eigenvalue weighted by Gasteiger charge is 2.14. The SMILES string of the molecule is COc1cccc(Nc2cnc(C(=O)N(C)Cc3ccccc3)cn2)c1. The fraction of sp³-hybridized carbons (Fsp3) is 0.150. The summed E-state index contributed by atoms with van der Waals surface area (Å²) in [5.74, 6) is 1.13. The molecule has 0 aliphatic rings. The standard InChI is InChI=1S/C20H20N4O2/c1-24(14-15-7-4-3-5-8-15)20(25)18-12-22-19(13-21-18)23-16-9-6-10-17(11-16)26-2/h3-13H,14H2,1-2H3,(H,22,23). The molecule has 0 radical (unpaired) electrons. The summed E-state index contributed by atoms with van der Waals surface area (Å²) in [5, 5.41) is 3.14. The van der Waals surface area contributed by atoms with Crippen LogP contribution in [0.25, 0.3) is 0 Å². The molecular formula is C20H20N4O2. The Hall–Kier alpha value is -3.41. The summed E-state index contributed by atoms with van der Waals surface area (Å²) in [6, 6.07) is 17.3. The Kier molecular flexibility index (Phi) is 5.43. The number of anilines is 2. The fourth-order valence-electron chi connectivity index (χ4n) is 2.48. The molecule has 1 heterocycles. The Morgan fingerprint density at radius 3 is 2.58 bits per heavy atom. The second kappa shape index (κ2) is 8.11. The highest BCUT2D eigenvalue weighted by Crippen LogP contribution is 2.19.